The molecule has 4 rings (SSSR count). The van der Waals surface area contributed by atoms with E-state index in [2.05, 4.69) is 19.2 Å². The molecule has 1 N–H and O–H groups in total. The van der Waals surface area contributed by atoms with E-state index >= 15 is 0 Å². The van der Waals surface area contributed by atoms with Crippen LogP contribution in [0.2, 0.25) is 5.02 Å². The minimum absolute atomic E-state index is 0.233. The third-order valence-corrected chi connectivity index (χ3v) is 5.41. The lowest BCUT2D eigenvalue weighted by Crippen LogP contribution is -2.29. The first kappa shape index (κ1) is 19.9. The van der Waals surface area contributed by atoms with Gasteiger partial charge in [0.25, 0.3) is 17.7 Å². The maximum Gasteiger partial charge on any atom is 0.266 e. The summed E-state index contributed by atoms with van der Waals surface area (Å²) < 4.78 is 0. The zero-order chi connectivity index (χ0) is 21.4. The number of carbonyl (C=O) groups is 3. The Bertz CT molecular complexity index is 1130. The lowest BCUT2D eigenvalue weighted by Gasteiger charge is -2.16. The summed E-state index contributed by atoms with van der Waals surface area (Å²) in [7, 11) is 0. The molecule has 0 fully saturated rings. The van der Waals surface area contributed by atoms with Gasteiger partial charge in [-0.3, -0.25) is 14.4 Å². The summed E-state index contributed by atoms with van der Waals surface area (Å²) in [5.41, 5.74) is 3.14. The Balaban J connectivity index is 1.55. The second kappa shape index (κ2) is 7.76. The molecule has 1 aliphatic heterocycles. The molecular weight excluding hydrogens is 400 g/mol. The SMILES string of the molecule is CC(C)c1ccc(C(=O)Nc2ccc(N3C(=O)c4ccccc4C3=O)cc2Cl)cc1. The standard InChI is InChI=1S/C24H19ClN2O3/c1-14(2)15-7-9-16(10-8-15)22(28)26-21-12-11-17(13-20(21)25)27-23(29)18-5-3-4-6-19(18)24(27)30/h3-14H,1-2H3,(H,26,28). The molecule has 5 nitrogen and oxygen atoms in total. The first-order valence-corrected chi connectivity index (χ1v) is 9.93. The van der Waals surface area contributed by atoms with E-state index in [-0.39, 0.29) is 10.9 Å². The van der Waals surface area contributed by atoms with Crippen molar-refractivity contribution in [2.45, 2.75) is 19.8 Å². The maximum atomic E-state index is 12.6. The van der Waals surface area contributed by atoms with Crippen LogP contribution in [-0.4, -0.2) is 17.7 Å². The normalized spacial score (nSPS) is 13.0. The van der Waals surface area contributed by atoms with Crippen LogP contribution in [-0.2, 0) is 0 Å². The van der Waals surface area contributed by atoms with Gasteiger partial charge in [-0.2, -0.15) is 0 Å². The van der Waals surface area contributed by atoms with Crippen molar-refractivity contribution in [1.29, 1.82) is 0 Å². The highest BCUT2D eigenvalue weighted by Gasteiger charge is 2.36. The van der Waals surface area contributed by atoms with Crippen molar-refractivity contribution in [3.63, 3.8) is 0 Å². The van der Waals surface area contributed by atoms with Gasteiger partial charge in [0.1, 0.15) is 0 Å². The van der Waals surface area contributed by atoms with Gasteiger partial charge in [-0.05, 0) is 53.9 Å². The van der Waals surface area contributed by atoms with Gasteiger partial charge in [-0.25, -0.2) is 4.90 Å². The van der Waals surface area contributed by atoms with Gasteiger partial charge in [0.15, 0.2) is 0 Å². The number of halogens is 1. The first-order valence-electron chi connectivity index (χ1n) is 9.55. The Hall–Kier alpha value is -3.44. The molecule has 1 heterocycles. The van der Waals surface area contributed by atoms with Gasteiger partial charge in [0.2, 0.25) is 0 Å². The number of hydrogen-bond donors (Lipinski definition) is 1. The fraction of sp³-hybridized carbons (Fsp3) is 0.125. The minimum atomic E-state index is -0.395. The summed E-state index contributed by atoms with van der Waals surface area (Å²) in [6.45, 7) is 4.18. The summed E-state index contributed by atoms with van der Waals surface area (Å²) in [6.07, 6.45) is 0. The average molecular weight is 419 g/mol. The molecule has 3 amide bonds. The Morgan fingerprint density at radius 2 is 1.50 bits per heavy atom. The molecule has 30 heavy (non-hydrogen) atoms. The number of hydrogen-bond acceptors (Lipinski definition) is 3. The van der Waals surface area contributed by atoms with Crippen LogP contribution in [0.3, 0.4) is 0 Å². The van der Waals surface area contributed by atoms with Crippen molar-refractivity contribution in [3.8, 4) is 0 Å². The number of nitrogens with zero attached hydrogens (tertiary/aromatic N) is 1. The zero-order valence-electron chi connectivity index (χ0n) is 16.5. The van der Waals surface area contributed by atoms with E-state index in [0.29, 0.717) is 34.0 Å². The van der Waals surface area contributed by atoms with Crippen molar-refractivity contribution in [2.24, 2.45) is 0 Å². The molecule has 0 atom stereocenters. The third kappa shape index (κ3) is 3.48. The Morgan fingerprint density at radius 1 is 0.900 bits per heavy atom. The lowest BCUT2D eigenvalue weighted by molar-refractivity contribution is 0.0924. The number of benzene rings is 3. The lowest BCUT2D eigenvalue weighted by atomic mass is 10.0. The maximum absolute atomic E-state index is 12.6. The van der Waals surface area contributed by atoms with Gasteiger partial charge in [0, 0.05) is 5.56 Å². The van der Waals surface area contributed by atoms with Crippen LogP contribution >= 0.6 is 11.6 Å². The molecule has 150 valence electrons. The summed E-state index contributed by atoms with van der Waals surface area (Å²) in [4.78, 5) is 38.9. The van der Waals surface area contributed by atoms with Crippen molar-refractivity contribution in [1.82, 2.24) is 0 Å². The van der Waals surface area contributed by atoms with Crippen molar-refractivity contribution >= 4 is 40.7 Å². The molecule has 0 bridgehead atoms. The van der Waals surface area contributed by atoms with Gasteiger partial charge in [-0.15, -0.1) is 0 Å². The molecule has 1 aliphatic rings. The fourth-order valence-electron chi connectivity index (χ4n) is 3.38. The molecular formula is C24H19ClN2O3. The van der Waals surface area contributed by atoms with Crippen LogP contribution in [0.25, 0.3) is 0 Å². The van der Waals surface area contributed by atoms with E-state index in [1.165, 1.54) is 6.07 Å². The Kier molecular flexibility index (Phi) is 5.14. The van der Waals surface area contributed by atoms with E-state index < -0.39 is 11.8 Å². The highest BCUT2D eigenvalue weighted by Crippen LogP contribution is 2.33. The van der Waals surface area contributed by atoms with Crippen LogP contribution in [0.15, 0.2) is 66.7 Å². The van der Waals surface area contributed by atoms with Gasteiger partial charge in [-0.1, -0.05) is 49.7 Å². The minimum Gasteiger partial charge on any atom is -0.321 e. The number of nitrogens with one attached hydrogen (secondary N) is 1. The van der Waals surface area contributed by atoms with Gasteiger partial charge in [0.05, 0.1) is 27.5 Å². The molecule has 0 saturated heterocycles. The van der Waals surface area contributed by atoms with E-state index in [4.69, 9.17) is 11.6 Å². The number of fused-ring (bicyclic) bond motifs is 1. The van der Waals surface area contributed by atoms with E-state index in [1.54, 1.807) is 48.5 Å². The van der Waals surface area contributed by atoms with E-state index in [0.717, 1.165) is 10.5 Å². The second-order valence-electron chi connectivity index (χ2n) is 7.39. The van der Waals surface area contributed by atoms with Crippen molar-refractivity contribution < 1.29 is 14.4 Å². The third-order valence-electron chi connectivity index (χ3n) is 5.09. The summed E-state index contributed by atoms with van der Waals surface area (Å²) in [6, 6.07) is 18.7. The van der Waals surface area contributed by atoms with E-state index in [1.807, 2.05) is 12.1 Å². The monoisotopic (exact) mass is 418 g/mol. The number of carbonyl (C=O) groups excluding carboxylic acids is 3. The van der Waals surface area contributed by atoms with Crippen LogP contribution in [0.4, 0.5) is 11.4 Å². The summed E-state index contributed by atoms with van der Waals surface area (Å²) in [5, 5.41) is 3.01. The van der Waals surface area contributed by atoms with E-state index in [9.17, 15) is 14.4 Å². The van der Waals surface area contributed by atoms with Gasteiger partial charge < -0.3 is 5.32 Å². The van der Waals surface area contributed by atoms with Crippen LogP contribution in [0, 0.1) is 0 Å². The van der Waals surface area contributed by atoms with Crippen LogP contribution in [0.5, 0.6) is 0 Å². The van der Waals surface area contributed by atoms with Gasteiger partial charge >= 0.3 is 0 Å². The van der Waals surface area contributed by atoms with Crippen LogP contribution in [0.1, 0.15) is 56.4 Å². The predicted molar refractivity (Wildman–Crippen MR) is 118 cm³/mol. The molecule has 0 unspecified atom stereocenters. The molecule has 0 saturated carbocycles. The highest BCUT2D eigenvalue weighted by atomic mass is 35.5. The quantitative estimate of drug-likeness (QED) is 0.567. The fourth-order valence-corrected chi connectivity index (χ4v) is 3.60. The smallest absolute Gasteiger partial charge is 0.266 e. The highest BCUT2D eigenvalue weighted by molar-refractivity contribution is 6.37. The Labute approximate surface area is 179 Å². The number of anilines is 2. The molecule has 0 aliphatic carbocycles. The molecule has 0 aromatic heterocycles. The molecule has 3 aromatic carbocycles. The number of rotatable bonds is 4. The number of amides is 3. The zero-order valence-corrected chi connectivity index (χ0v) is 17.2. The summed E-state index contributed by atoms with van der Waals surface area (Å²) >= 11 is 6.35. The van der Waals surface area contributed by atoms with Crippen molar-refractivity contribution in [2.75, 3.05) is 10.2 Å². The first-order chi connectivity index (χ1) is 14.4. The molecule has 0 spiro atoms. The average Bonchev–Trinajstić information content (AvgIpc) is 3.00. The largest absolute Gasteiger partial charge is 0.321 e. The molecule has 0 radical (unpaired) electrons. The number of imide groups is 1. The van der Waals surface area contributed by atoms with Crippen LogP contribution < -0.4 is 10.2 Å². The second-order valence-corrected chi connectivity index (χ2v) is 7.79. The molecule has 3 aromatic rings. The van der Waals surface area contributed by atoms with Crippen molar-refractivity contribution in [3.05, 3.63) is 94.0 Å². The molecule has 6 heteroatoms. The topological polar surface area (TPSA) is 66.5 Å². The summed E-state index contributed by atoms with van der Waals surface area (Å²) in [5.74, 6) is -0.700. The Morgan fingerprint density at radius 3 is 2.03 bits per heavy atom. The predicted octanol–water partition coefficient (Wildman–Crippen LogP) is 5.52.